The van der Waals surface area contributed by atoms with Crippen molar-refractivity contribution < 1.29 is 9.13 Å². The molecule has 0 aliphatic rings. The summed E-state index contributed by atoms with van der Waals surface area (Å²) in [6.07, 6.45) is 3.60. The van der Waals surface area contributed by atoms with E-state index in [0.29, 0.717) is 6.54 Å². The number of aromatic nitrogens is 2. The number of hydrogen-bond donors (Lipinski definition) is 1. The Bertz CT molecular complexity index is 554. The van der Waals surface area contributed by atoms with Gasteiger partial charge in [-0.05, 0) is 31.2 Å². The van der Waals surface area contributed by atoms with Crippen LogP contribution in [-0.2, 0) is 19.7 Å². The summed E-state index contributed by atoms with van der Waals surface area (Å²) in [6.45, 7) is 6.66. The molecule has 0 aliphatic heterocycles. The third kappa shape index (κ3) is 3.57. The number of halogens is 1. The van der Waals surface area contributed by atoms with Gasteiger partial charge >= 0.3 is 0 Å². The van der Waals surface area contributed by atoms with E-state index in [1.165, 1.54) is 6.07 Å². The van der Waals surface area contributed by atoms with Gasteiger partial charge in [0, 0.05) is 25.5 Å². The lowest BCUT2D eigenvalue weighted by atomic mass is 10.2. The van der Waals surface area contributed by atoms with Crippen molar-refractivity contribution in [2.45, 2.75) is 33.5 Å². The Kier molecular flexibility index (Phi) is 5.12. The zero-order chi connectivity index (χ0) is 14.4. The minimum atomic E-state index is -0.338. The molecule has 0 atom stereocenters. The van der Waals surface area contributed by atoms with E-state index in [1.807, 2.05) is 30.7 Å². The molecule has 0 saturated heterocycles. The van der Waals surface area contributed by atoms with E-state index in [-0.39, 0.29) is 18.2 Å². The van der Waals surface area contributed by atoms with Crippen LogP contribution in [0.15, 0.2) is 30.6 Å². The van der Waals surface area contributed by atoms with Gasteiger partial charge in [0.05, 0.1) is 0 Å². The highest BCUT2D eigenvalue weighted by molar-refractivity contribution is 5.29. The summed E-state index contributed by atoms with van der Waals surface area (Å²) in [4.78, 5) is 4.20. The average Bonchev–Trinajstić information content (AvgIpc) is 2.91. The van der Waals surface area contributed by atoms with E-state index in [0.717, 1.165) is 24.5 Å². The standard InChI is InChI=1S/C15H20FN3O/c1-3-17-10-12-5-6-14(13(16)9-12)20-11-15-18-7-8-19(15)4-2/h5-9,17H,3-4,10-11H2,1-2H3. The molecule has 20 heavy (non-hydrogen) atoms. The molecular formula is C15H20FN3O. The van der Waals surface area contributed by atoms with E-state index >= 15 is 0 Å². The topological polar surface area (TPSA) is 39.1 Å². The average molecular weight is 277 g/mol. The molecule has 0 radical (unpaired) electrons. The fourth-order valence-corrected chi connectivity index (χ4v) is 1.95. The van der Waals surface area contributed by atoms with Gasteiger partial charge < -0.3 is 14.6 Å². The van der Waals surface area contributed by atoms with Gasteiger partial charge in [-0.15, -0.1) is 0 Å². The highest BCUT2D eigenvalue weighted by Crippen LogP contribution is 2.19. The van der Waals surface area contributed by atoms with Gasteiger partial charge in [0.2, 0.25) is 0 Å². The molecule has 1 aromatic carbocycles. The van der Waals surface area contributed by atoms with Crippen molar-refractivity contribution in [3.8, 4) is 5.75 Å². The van der Waals surface area contributed by atoms with Crippen LogP contribution in [0.1, 0.15) is 25.2 Å². The molecule has 0 amide bonds. The van der Waals surface area contributed by atoms with Crippen molar-refractivity contribution in [2.24, 2.45) is 0 Å². The van der Waals surface area contributed by atoms with Crippen LogP contribution in [0.3, 0.4) is 0 Å². The van der Waals surface area contributed by atoms with Crippen LogP contribution in [0, 0.1) is 5.82 Å². The van der Waals surface area contributed by atoms with E-state index in [4.69, 9.17) is 4.74 Å². The van der Waals surface area contributed by atoms with E-state index < -0.39 is 0 Å². The van der Waals surface area contributed by atoms with Crippen molar-refractivity contribution in [1.82, 2.24) is 14.9 Å². The second-order valence-electron chi connectivity index (χ2n) is 4.46. The maximum absolute atomic E-state index is 13.9. The molecule has 1 heterocycles. The quantitative estimate of drug-likeness (QED) is 0.846. The molecule has 108 valence electrons. The maximum atomic E-state index is 13.9. The van der Waals surface area contributed by atoms with Crippen molar-refractivity contribution in [3.05, 3.63) is 47.8 Å². The summed E-state index contributed by atoms with van der Waals surface area (Å²) in [7, 11) is 0. The SMILES string of the molecule is CCNCc1ccc(OCc2nccn2CC)c(F)c1. The fraction of sp³-hybridized carbons (Fsp3) is 0.400. The van der Waals surface area contributed by atoms with Crippen LogP contribution in [0.2, 0.25) is 0 Å². The Balaban J connectivity index is 1.99. The molecular weight excluding hydrogens is 257 g/mol. The summed E-state index contributed by atoms with van der Waals surface area (Å²) >= 11 is 0. The van der Waals surface area contributed by atoms with Crippen molar-refractivity contribution in [2.75, 3.05) is 6.54 Å². The summed E-state index contributed by atoms with van der Waals surface area (Å²) < 4.78 is 21.4. The van der Waals surface area contributed by atoms with Gasteiger partial charge in [0.25, 0.3) is 0 Å². The second-order valence-corrected chi connectivity index (χ2v) is 4.46. The summed E-state index contributed by atoms with van der Waals surface area (Å²) in [5.41, 5.74) is 0.909. The Morgan fingerprint density at radius 1 is 1.35 bits per heavy atom. The lowest BCUT2D eigenvalue weighted by Crippen LogP contribution is -2.12. The Hall–Kier alpha value is -1.88. The lowest BCUT2D eigenvalue weighted by molar-refractivity contribution is 0.275. The first-order valence-electron chi connectivity index (χ1n) is 6.86. The van der Waals surface area contributed by atoms with Gasteiger partial charge in [0.15, 0.2) is 11.6 Å². The molecule has 0 bridgehead atoms. The van der Waals surface area contributed by atoms with Crippen LogP contribution < -0.4 is 10.1 Å². The van der Waals surface area contributed by atoms with Gasteiger partial charge in [-0.2, -0.15) is 0 Å². The fourth-order valence-electron chi connectivity index (χ4n) is 1.95. The number of ether oxygens (including phenoxy) is 1. The summed E-state index contributed by atoms with van der Waals surface area (Å²) in [5.74, 6) is 0.717. The van der Waals surface area contributed by atoms with Gasteiger partial charge in [0.1, 0.15) is 12.4 Å². The molecule has 0 unspecified atom stereocenters. The number of nitrogens with zero attached hydrogens (tertiary/aromatic N) is 2. The third-order valence-electron chi connectivity index (χ3n) is 3.07. The number of hydrogen-bond acceptors (Lipinski definition) is 3. The Labute approximate surface area is 118 Å². The number of nitrogens with one attached hydrogen (secondary N) is 1. The normalized spacial score (nSPS) is 10.8. The predicted molar refractivity (Wildman–Crippen MR) is 76.0 cm³/mol. The Morgan fingerprint density at radius 2 is 2.20 bits per heavy atom. The molecule has 2 aromatic rings. The van der Waals surface area contributed by atoms with Gasteiger partial charge in [-0.3, -0.25) is 0 Å². The van der Waals surface area contributed by atoms with Crippen LogP contribution in [0.5, 0.6) is 5.75 Å². The zero-order valence-electron chi connectivity index (χ0n) is 11.9. The van der Waals surface area contributed by atoms with Crippen LogP contribution in [-0.4, -0.2) is 16.1 Å². The monoisotopic (exact) mass is 277 g/mol. The largest absolute Gasteiger partial charge is 0.483 e. The third-order valence-corrected chi connectivity index (χ3v) is 3.07. The van der Waals surface area contributed by atoms with Crippen LogP contribution >= 0.6 is 0 Å². The Morgan fingerprint density at radius 3 is 2.90 bits per heavy atom. The number of benzene rings is 1. The molecule has 0 aliphatic carbocycles. The smallest absolute Gasteiger partial charge is 0.165 e. The summed E-state index contributed by atoms with van der Waals surface area (Å²) in [5, 5.41) is 3.16. The first kappa shape index (κ1) is 14.5. The highest BCUT2D eigenvalue weighted by Gasteiger charge is 2.07. The van der Waals surface area contributed by atoms with Crippen molar-refractivity contribution in [3.63, 3.8) is 0 Å². The minimum Gasteiger partial charge on any atom is -0.483 e. The van der Waals surface area contributed by atoms with Gasteiger partial charge in [-0.25, -0.2) is 9.37 Å². The van der Waals surface area contributed by atoms with Gasteiger partial charge in [-0.1, -0.05) is 13.0 Å². The van der Waals surface area contributed by atoms with E-state index in [9.17, 15) is 4.39 Å². The minimum absolute atomic E-state index is 0.260. The first-order chi connectivity index (χ1) is 9.74. The van der Waals surface area contributed by atoms with E-state index in [2.05, 4.69) is 10.3 Å². The zero-order valence-corrected chi connectivity index (χ0v) is 11.9. The number of imidazole rings is 1. The molecule has 0 fully saturated rings. The van der Waals surface area contributed by atoms with Crippen molar-refractivity contribution >= 4 is 0 Å². The lowest BCUT2D eigenvalue weighted by Gasteiger charge is -2.10. The molecule has 1 N–H and O–H groups in total. The van der Waals surface area contributed by atoms with Crippen LogP contribution in [0.25, 0.3) is 0 Å². The molecule has 5 heteroatoms. The van der Waals surface area contributed by atoms with Crippen molar-refractivity contribution in [1.29, 1.82) is 0 Å². The van der Waals surface area contributed by atoms with Crippen LogP contribution in [0.4, 0.5) is 4.39 Å². The molecule has 2 rings (SSSR count). The second kappa shape index (κ2) is 7.05. The number of aryl methyl sites for hydroxylation is 1. The molecule has 0 spiro atoms. The van der Waals surface area contributed by atoms with E-state index in [1.54, 1.807) is 12.3 Å². The predicted octanol–water partition coefficient (Wildman–Crippen LogP) is 2.73. The maximum Gasteiger partial charge on any atom is 0.165 e. The highest BCUT2D eigenvalue weighted by atomic mass is 19.1. The molecule has 4 nitrogen and oxygen atoms in total. The number of rotatable bonds is 7. The summed E-state index contributed by atoms with van der Waals surface area (Å²) in [6, 6.07) is 5.04. The molecule has 0 saturated carbocycles. The molecule has 1 aromatic heterocycles. The first-order valence-corrected chi connectivity index (χ1v) is 6.86.